The van der Waals surface area contributed by atoms with Crippen molar-refractivity contribution in [3.8, 4) is 17.1 Å². The van der Waals surface area contributed by atoms with Gasteiger partial charge in [-0.25, -0.2) is 0 Å². The maximum Gasteiger partial charge on any atom is 0.234 e. The Morgan fingerprint density at radius 1 is 1.00 bits per heavy atom. The summed E-state index contributed by atoms with van der Waals surface area (Å²) in [4.78, 5) is 23.4. The van der Waals surface area contributed by atoms with Crippen molar-refractivity contribution < 1.29 is 14.3 Å². The number of aromatic nitrogens is 3. The van der Waals surface area contributed by atoms with E-state index in [4.69, 9.17) is 4.74 Å². The third-order valence-corrected chi connectivity index (χ3v) is 5.17. The first-order valence-electron chi connectivity index (χ1n) is 9.38. The summed E-state index contributed by atoms with van der Waals surface area (Å²) in [6.07, 6.45) is 0. The number of benzene rings is 2. The molecule has 0 fully saturated rings. The van der Waals surface area contributed by atoms with Crippen LogP contribution in [0, 0.1) is 0 Å². The Morgan fingerprint density at radius 3 is 2.20 bits per heavy atom. The summed E-state index contributed by atoms with van der Waals surface area (Å²) in [6, 6.07) is 14.6. The van der Waals surface area contributed by atoms with E-state index in [-0.39, 0.29) is 17.6 Å². The SMILES string of the molecule is CCn1c(SCC(=O)Nc2ccc(NC(C)=O)cc2)nnc1-c1ccc(OC)cc1. The maximum absolute atomic E-state index is 12.3. The maximum atomic E-state index is 12.3. The van der Waals surface area contributed by atoms with Crippen LogP contribution in [0.1, 0.15) is 13.8 Å². The summed E-state index contributed by atoms with van der Waals surface area (Å²) in [5.74, 6) is 1.43. The molecule has 1 aromatic heterocycles. The molecule has 2 aromatic carbocycles. The quantitative estimate of drug-likeness (QED) is 0.535. The number of carbonyl (C=O) groups is 2. The predicted molar refractivity (Wildman–Crippen MR) is 118 cm³/mol. The number of carbonyl (C=O) groups excluding carboxylic acids is 2. The topological polar surface area (TPSA) is 98.1 Å². The van der Waals surface area contributed by atoms with Crippen molar-refractivity contribution in [3.63, 3.8) is 0 Å². The van der Waals surface area contributed by atoms with Crippen molar-refractivity contribution in [1.82, 2.24) is 14.8 Å². The predicted octanol–water partition coefficient (Wildman–Crippen LogP) is 3.66. The van der Waals surface area contributed by atoms with Gasteiger partial charge in [0.15, 0.2) is 11.0 Å². The van der Waals surface area contributed by atoms with Crippen molar-refractivity contribution >= 4 is 35.0 Å². The van der Waals surface area contributed by atoms with Crippen LogP contribution < -0.4 is 15.4 Å². The van der Waals surface area contributed by atoms with E-state index in [1.165, 1.54) is 18.7 Å². The average Bonchev–Trinajstić information content (AvgIpc) is 3.16. The van der Waals surface area contributed by atoms with E-state index in [0.29, 0.717) is 23.1 Å². The molecule has 156 valence electrons. The van der Waals surface area contributed by atoms with Crippen LogP contribution in [0.25, 0.3) is 11.4 Å². The largest absolute Gasteiger partial charge is 0.497 e. The van der Waals surface area contributed by atoms with Crippen LogP contribution in [0.5, 0.6) is 5.75 Å². The molecule has 30 heavy (non-hydrogen) atoms. The number of amides is 2. The van der Waals surface area contributed by atoms with Gasteiger partial charge in [0.05, 0.1) is 12.9 Å². The van der Waals surface area contributed by atoms with Gasteiger partial charge in [-0.3, -0.25) is 9.59 Å². The van der Waals surface area contributed by atoms with Gasteiger partial charge in [-0.15, -0.1) is 10.2 Å². The lowest BCUT2D eigenvalue weighted by Gasteiger charge is -2.09. The molecule has 0 aliphatic rings. The molecule has 2 N–H and O–H groups in total. The van der Waals surface area contributed by atoms with Crippen molar-refractivity contribution in [2.24, 2.45) is 0 Å². The number of thioether (sulfide) groups is 1. The minimum Gasteiger partial charge on any atom is -0.497 e. The van der Waals surface area contributed by atoms with Crippen LogP contribution >= 0.6 is 11.8 Å². The highest BCUT2D eigenvalue weighted by atomic mass is 32.2. The first-order chi connectivity index (χ1) is 14.5. The molecule has 0 aliphatic carbocycles. The van der Waals surface area contributed by atoms with E-state index in [1.807, 2.05) is 35.8 Å². The number of hydrogen-bond donors (Lipinski definition) is 2. The number of ether oxygens (including phenoxy) is 1. The summed E-state index contributed by atoms with van der Waals surface area (Å²) in [5, 5.41) is 14.7. The van der Waals surface area contributed by atoms with E-state index in [0.717, 1.165) is 17.1 Å². The van der Waals surface area contributed by atoms with Gasteiger partial charge in [0.1, 0.15) is 5.75 Å². The number of nitrogens with zero attached hydrogens (tertiary/aromatic N) is 3. The fourth-order valence-corrected chi connectivity index (χ4v) is 3.60. The first kappa shape index (κ1) is 21.4. The normalized spacial score (nSPS) is 10.5. The molecule has 0 aliphatic heterocycles. The van der Waals surface area contributed by atoms with Gasteiger partial charge in [0, 0.05) is 30.4 Å². The van der Waals surface area contributed by atoms with Gasteiger partial charge < -0.3 is 19.9 Å². The summed E-state index contributed by atoms with van der Waals surface area (Å²) in [6.45, 7) is 4.14. The molecular weight excluding hydrogens is 402 g/mol. The van der Waals surface area contributed by atoms with E-state index in [2.05, 4.69) is 20.8 Å². The third kappa shape index (κ3) is 5.38. The minimum absolute atomic E-state index is 0.141. The van der Waals surface area contributed by atoms with Crippen molar-refractivity contribution in [1.29, 1.82) is 0 Å². The minimum atomic E-state index is -0.149. The molecule has 8 nitrogen and oxygen atoms in total. The van der Waals surface area contributed by atoms with Gasteiger partial charge in [-0.1, -0.05) is 11.8 Å². The molecule has 3 aromatic rings. The highest BCUT2D eigenvalue weighted by Gasteiger charge is 2.15. The number of nitrogens with one attached hydrogen (secondary N) is 2. The second kappa shape index (κ2) is 9.93. The molecule has 0 spiro atoms. The van der Waals surface area contributed by atoms with Crippen LogP contribution in [-0.2, 0) is 16.1 Å². The van der Waals surface area contributed by atoms with Crippen LogP contribution in [0.3, 0.4) is 0 Å². The molecular formula is C21H23N5O3S. The van der Waals surface area contributed by atoms with E-state index in [1.54, 1.807) is 31.4 Å². The smallest absolute Gasteiger partial charge is 0.234 e. The highest BCUT2D eigenvalue weighted by molar-refractivity contribution is 7.99. The molecule has 3 rings (SSSR count). The van der Waals surface area contributed by atoms with E-state index < -0.39 is 0 Å². The fourth-order valence-electron chi connectivity index (χ4n) is 2.80. The van der Waals surface area contributed by atoms with Crippen molar-refractivity contribution in [3.05, 3.63) is 48.5 Å². The second-order valence-electron chi connectivity index (χ2n) is 6.37. The summed E-state index contributed by atoms with van der Waals surface area (Å²) < 4.78 is 7.17. The Bertz CT molecular complexity index is 1020. The standard InChI is InChI=1S/C21H23N5O3S/c1-4-26-20(15-5-11-18(29-3)12-6-15)24-25-21(26)30-13-19(28)23-17-9-7-16(8-10-17)22-14(2)27/h5-12H,4,13H2,1-3H3,(H,22,27)(H,23,28). The van der Waals surface area contributed by atoms with Gasteiger partial charge in [0.2, 0.25) is 11.8 Å². The van der Waals surface area contributed by atoms with Crippen LogP contribution in [0.2, 0.25) is 0 Å². The Labute approximate surface area is 179 Å². The van der Waals surface area contributed by atoms with E-state index in [9.17, 15) is 9.59 Å². The number of methoxy groups -OCH3 is 1. The number of hydrogen-bond acceptors (Lipinski definition) is 6. The molecule has 0 radical (unpaired) electrons. The van der Waals surface area contributed by atoms with Crippen molar-refractivity contribution in [2.75, 3.05) is 23.5 Å². The molecule has 2 amide bonds. The lowest BCUT2D eigenvalue weighted by atomic mass is 10.2. The molecule has 0 unspecified atom stereocenters. The zero-order chi connectivity index (χ0) is 21.5. The first-order valence-corrected chi connectivity index (χ1v) is 10.4. The second-order valence-corrected chi connectivity index (χ2v) is 7.32. The zero-order valence-electron chi connectivity index (χ0n) is 17.0. The Kier molecular flexibility index (Phi) is 7.08. The zero-order valence-corrected chi connectivity index (χ0v) is 17.8. The molecule has 0 saturated carbocycles. The third-order valence-electron chi connectivity index (χ3n) is 4.20. The molecule has 9 heteroatoms. The van der Waals surface area contributed by atoms with Gasteiger partial charge in [-0.2, -0.15) is 0 Å². The Morgan fingerprint density at radius 2 is 1.63 bits per heavy atom. The Hall–Kier alpha value is -3.33. The Balaban J connectivity index is 1.61. The van der Waals surface area contributed by atoms with Gasteiger partial charge >= 0.3 is 0 Å². The average molecular weight is 426 g/mol. The van der Waals surface area contributed by atoms with Gasteiger partial charge in [0.25, 0.3) is 0 Å². The van der Waals surface area contributed by atoms with E-state index >= 15 is 0 Å². The molecule has 0 atom stereocenters. The lowest BCUT2D eigenvalue weighted by molar-refractivity contribution is -0.114. The van der Waals surface area contributed by atoms with Crippen LogP contribution in [-0.4, -0.2) is 39.4 Å². The monoisotopic (exact) mass is 425 g/mol. The fraction of sp³-hybridized carbons (Fsp3) is 0.238. The number of anilines is 2. The lowest BCUT2D eigenvalue weighted by Crippen LogP contribution is -2.14. The van der Waals surface area contributed by atoms with Crippen LogP contribution in [0.15, 0.2) is 53.7 Å². The summed E-state index contributed by atoms with van der Waals surface area (Å²) >= 11 is 1.33. The molecule has 0 saturated heterocycles. The summed E-state index contributed by atoms with van der Waals surface area (Å²) in [7, 11) is 1.63. The summed E-state index contributed by atoms with van der Waals surface area (Å²) in [5.41, 5.74) is 2.27. The van der Waals surface area contributed by atoms with Crippen molar-refractivity contribution in [2.45, 2.75) is 25.5 Å². The van der Waals surface area contributed by atoms with Crippen LogP contribution in [0.4, 0.5) is 11.4 Å². The van der Waals surface area contributed by atoms with Gasteiger partial charge in [-0.05, 0) is 55.5 Å². The highest BCUT2D eigenvalue weighted by Crippen LogP contribution is 2.25. The number of rotatable bonds is 8. The molecule has 0 bridgehead atoms. The molecule has 1 heterocycles.